The normalized spacial score (nSPS) is 18.4. The first-order valence-electron chi connectivity index (χ1n) is 9.29. The quantitative estimate of drug-likeness (QED) is 0.764. The van der Waals surface area contributed by atoms with Gasteiger partial charge in [-0.2, -0.15) is 4.31 Å². The third-order valence-corrected chi connectivity index (χ3v) is 6.93. The molecular formula is C19H28N2O5S. The largest absolute Gasteiger partial charge is 0.481 e. The van der Waals surface area contributed by atoms with Crippen LogP contribution in [0.15, 0.2) is 29.2 Å². The van der Waals surface area contributed by atoms with Gasteiger partial charge in [0, 0.05) is 30.7 Å². The molecule has 1 saturated heterocycles. The average Bonchev–Trinajstić information content (AvgIpc) is 2.61. The zero-order chi connectivity index (χ0) is 20.2. The van der Waals surface area contributed by atoms with Crippen LogP contribution in [0.2, 0.25) is 0 Å². The molecule has 1 aliphatic rings. The van der Waals surface area contributed by atoms with Crippen LogP contribution in [0.3, 0.4) is 0 Å². The fourth-order valence-electron chi connectivity index (χ4n) is 3.31. The molecular weight excluding hydrogens is 368 g/mol. The van der Waals surface area contributed by atoms with Gasteiger partial charge >= 0.3 is 5.97 Å². The highest BCUT2D eigenvalue weighted by atomic mass is 32.2. The van der Waals surface area contributed by atoms with Crippen molar-refractivity contribution in [2.75, 3.05) is 13.1 Å². The molecule has 7 nitrogen and oxygen atoms in total. The van der Waals surface area contributed by atoms with E-state index in [1.165, 1.54) is 33.5 Å². The van der Waals surface area contributed by atoms with Crippen molar-refractivity contribution in [3.63, 3.8) is 0 Å². The summed E-state index contributed by atoms with van der Waals surface area (Å²) in [5.74, 6) is -1.27. The van der Waals surface area contributed by atoms with Crippen LogP contribution in [0.4, 0.5) is 0 Å². The van der Waals surface area contributed by atoms with Gasteiger partial charge in [-0.3, -0.25) is 9.59 Å². The number of sulfonamides is 1. The van der Waals surface area contributed by atoms with Gasteiger partial charge in [0.05, 0.1) is 11.3 Å². The van der Waals surface area contributed by atoms with E-state index in [4.69, 9.17) is 5.11 Å². The third-order valence-electron chi connectivity index (χ3n) is 4.90. The summed E-state index contributed by atoms with van der Waals surface area (Å²) in [4.78, 5) is 25.1. The molecule has 1 heterocycles. The number of hydrogen-bond donors (Lipinski definition) is 1. The zero-order valence-electron chi connectivity index (χ0n) is 16.1. The molecule has 8 heteroatoms. The lowest BCUT2D eigenvalue weighted by Gasteiger charge is -2.32. The number of carbonyl (C=O) groups excluding carboxylic acids is 1. The number of rotatable bonds is 7. The maximum Gasteiger partial charge on any atom is 0.305 e. The summed E-state index contributed by atoms with van der Waals surface area (Å²) in [6.45, 7) is 6.17. The number of amides is 1. The minimum atomic E-state index is -3.58. The second-order valence-electron chi connectivity index (χ2n) is 7.22. The number of nitrogens with zero attached hydrogens (tertiary/aromatic N) is 2. The summed E-state index contributed by atoms with van der Waals surface area (Å²) >= 11 is 0. The SMILES string of the molecule is CC(C)N(CCC(=O)O)C(=O)c1ccc(S(=O)(=O)N2CCCCC2C)cc1. The Bertz CT molecular complexity index is 774. The third kappa shape index (κ3) is 5.07. The molecule has 27 heavy (non-hydrogen) atoms. The van der Waals surface area contributed by atoms with Crippen molar-refractivity contribution in [3.8, 4) is 0 Å². The fraction of sp³-hybridized carbons (Fsp3) is 0.579. The summed E-state index contributed by atoms with van der Waals surface area (Å²) in [7, 11) is -3.58. The lowest BCUT2D eigenvalue weighted by molar-refractivity contribution is -0.137. The first-order chi connectivity index (χ1) is 12.6. The Morgan fingerprint density at radius 1 is 1.22 bits per heavy atom. The van der Waals surface area contributed by atoms with Crippen molar-refractivity contribution < 1.29 is 23.1 Å². The predicted octanol–water partition coefficient (Wildman–Crippen LogP) is 2.58. The number of aliphatic carboxylic acids is 1. The van der Waals surface area contributed by atoms with Crippen LogP contribution in [0.1, 0.15) is 56.8 Å². The van der Waals surface area contributed by atoms with Crippen LogP contribution in [-0.2, 0) is 14.8 Å². The van der Waals surface area contributed by atoms with Gasteiger partial charge < -0.3 is 10.0 Å². The Labute approximate surface area is 161 Å². The van der Waals surface area contributed by atoms with Crippen LogP contribution in [-0.4, -0.2) is 59.8 Å². The van der Waals surface area contributed by atoms with Gasteiger partial charge in [0.15, 0.2) is 0 Å². The van der Waals surface area contributed by atoms with Crippen molar-refractivity contribution in [3.05, 3.63) is 29.8 Å². The van der Waals surface area contributed by atoms with E-state index in [0.29, 0.717) is 12.1 Å². The van der Waals surface area contributed by atoms with Crippen LogP contribution in [0.5, 0.6) is 0 Å². The second kappa shape index (κ2) is 8.84. The monoisotopic (exact) mass is 396 g/mol. The van der Waals surface area contributed by atoms with Gasteiger partial charge in [-0.15, -0.1) is 0 Å². The van der Waals surface area contributed by atoms with Crippen LogP contribution in [0, 0.1) is 0 Å². The Kier molecular flexibility index (Phi) is 7.00. The molecule has 0 aliphatic carbocycles. The second-order valence-corrected chi connectivity index (χ2v) is 9.11. The smallest absolute Gasteiger partial charge is 0.305 e. The molecule has 1 N–H and O–H groups in total. The highest BCUT2D eigenvalue weighted by molar-refractivity contribution is 7.89. The lowest BCUT2D eigenvalue weighted by atomic mass is 10.1. The highest BCUT2D eigenvalue weighted by Gasteiger charge is 2.31. The molecule has 1 amide bonds. The molecule has 0 saturated carbocycles. The molecule has 1 aliphatic heterocycles. The topological polar surface area (TPSA) is 95.0 Å². The number of hydrogen-bond acceptors (Lipinski definition) is 4. The number of benzene rings is 1. The maximum atomic E-state index is 12.9. The Morgan fingerprint density at radius 2 is 1.85 bits per heavy atom. The average molecular weight is 397 g/mol. The van der Waals surface area contributed by atoms with Crippen molar-refractivity contribution in [1.82, 2.24) is 9.21 Å². The number of carboxylic acids is 1. The Balaban J connectivity index is 2.20. The van der Waals surface area contributed by atoms with E-state index in [9.17, 15) is 18.0 Å². The van der Waals surface area contributed by atoms with Gasteiger partial charge in [-0.25, -0.2) is 8.42 Å². The van der Waals surface area contributed by atoms with Crippen LogP contribution < -0.4 is 0 Å². The first kappa shape index (κ1) is 21.4. The van der Waals surface area contributed by atoms with E-state index in [-0.39, 0.29) is 35.9 Å². The molecule has 150 valence electrons. The van der Waals surface area contributed by atoms with Crippen molar-refractivity contribution in [2.45, 2.75) is 63.4 Å². The molecule has 0 aromatic heterocycles. The van der Waals surface area contributed by atoms with Gasteiger partial charge in [-0.05, 0) is 57.9 Å². The van der Waals surface area contributed by atoms with Gasteiger partial charge in [0.2, 0.25) is 10.0 Å². The fourth-order valence-corrected chi connectivity index (χ4v) is 5.01. The van der Waals surface area contributed by atoms with E-state index in [1.54, 1.807) is 0 Å². The predicted molar refractivity (Wildman–Crippen MR) is 102 cm³/mol. The number of carboxylic acid groups (broad SMARTS) is 1. The van der Waals surface area contributed by atoms with Crippen molar-refractivity contribution in [2.24, 2.45) is 0 Å². The van der Waals surface area contributed by atoms with Crippen molar-refractivity contribution >= 4 is 21.9 Å². The molecule has 1 unspecified atom stereocenters. The molecule has 0 radical (unpaired) electrons. The molecule has 1 aromatic carbocycles. The van der Waals surface area contributed by atoms with E-state index >= 15 is 0 Å². The minimum Gasteiger partial charge on any atom is -0.481 e. The minimum absolute atomic E-state index is 0.0301. The van der Waals surface area contributed by atoms with E-state index in [1.807, 2.05) is 20.8 Å². The Morgan fingerprint density at radius 3 is 2.37 bits per heavy atom. The molecule has 0 bridgehead atoms. The molecule has 1 fully saturated rings. The summed E-state index contributed by atoms with van der Waals surface area (Å²) in [6, 6.07) is 5.73. The molecule has 2 rings (SSSR count). The maximum absolute atomic E-state index is 12.9. The summed E-state index contributed by atoms with van der Waals surface area (Å²) in [6.07, 6.45) is 2.60. The summed E-state index contributed by atoms with van der Waals surface area (Å²) in [5, 5.41) is 8.86. The standard InChI is InChI=1S/C19H28N2O5S/c1-14(2)20(13-11-18(22)23)19(24)16-7-9-17(10-8-16)27(25,26)21-12-5-4-6-15(21)3/h7-10,14-15H,4-6,11-13H2,1-3H3,(H,22,23). The molecule has 1 aromatic rings. The highest BCUT2D eigenvalue weighted by Crippen LogP contribution is 2.25. The van der Waals surface area contributed by atoms with E-state index in [0.717, 1.165) is 19.3 Å². The molecule has 1 atom stereocenters. The van der Waals surface area contributed by atoms with Crippen molar-refractivity contribution in [1.29, 1.82) is 0 Å². The zero-order valence-corrected chi connectivity index (χ0v) is 16.9. The number of carbonyl (C=O) groups is 2. The van der Waals surface area contributed by atoms with Crippen LogP contribution >= 0.6 is 0 Å². The van der Waals surface area contributed by atoms with E-state index < -0.39 is 16.0 Å². The summed E-state index contributed by atoms with van der Waals surface area (Å²) < 4.78 is 27.3. The molecule has 0 spiro atoms. The Hall–Kier alpha value is -1.93. The number of piperidine rings is 1. The van der Waals surface area contributed by atoms with E-state index in [2.05, 4.69) is 0 Å². The summed E-state index contributed by atoms with van der Waals surface area (Å²) in [5.41, 5.74) is 0.347. The van der Waals surface area contributed by atoms with Gasteiger partial charge in [0.1, 0.15) is 0 Å². The van der Waals surface area contributed by atoms with Crippen LogP contribution in [0.25, 0.3) is 0 Å². The van der Waals surface area contributed by atoms with Gasteiger partial charge in [0.25, 0.3) is 5.91 Å². The lowest BCUT2D eigenvalue weighted by Crippen LogP contribution is -2.42. The van der Waals surface area contributed by atoms with Gasteiger partial charge in [-0.1, -0.05) is 6.42 Å². The first-order valence-corrected chi connectivity index (χ1v) is 10.7.